The van der Waals surface area contributed by atoms with E-state index in [9.17, 15) is 14.7 Å². The Balaban J connectivity index is 1.72. The highest BCUT2D eigenvalue weighted by molar-refractivity contribution is 5.83. The van der Waals surface area contributed by atoms with Crippen LogP contribution in [0.25, 0.3) is 0 Å². The molecule has 4 unspecified atom stereocenters. The summed E-state index contributed by atoms with van der Waals surface area (Å²) >= 11 is 0. The van der Waals surface area contributed by atoms with Crippen molar-refractivity contribution in [2.75, 3.05) is 13.2 Å². The lowest BCUT2D eigenvalue weighted by Crippen LogP contribution is -2.52. The summed E-state index contributed by atoms with van der Waals surface area (Å²) in [5.74, 6) is 1.06. The van der Waals surface area contributed by atoms with Crippen molar-refractivity contribution in [2.24, 2.45) is 35.1 Å². The molecule has 1 saturated heterocycles. The molecule has 5 atom stereocenters. The molecule has 0 bridgehead atoms. The van der Waals surface area contributed by atoms with E-state index in [1.165, 1.54) is 0 Å². The smallest absolute Gasteiger partial charge is 0.237 e. The van der Waals surface area contributed by atoms with Crippen molar-refractivity contribution < 1.29 is 14.7 Å². The van der Waals surface area contributed by atoms with E-state index in [-0.39, 0.29) is 54.2 Å². The summed E-state index contributed by atoms with van der Waals surface area (Å²) in [6.07, 6.45) is 7.88. The molecule has 3 aliphatic rings. The van der Waals surface area contributed by atoms with Gasteiger partial charge < -0.3 is 21.9 Å². The molecule has 7 N–H and O–H groups in total. The Hall–Kier alpha value is -1.67. The van der Waals surface area contributed by atoms with Crippen molar-refractivity contribution >= 4 is 17.6 Å². The highest BCUT2D eigenvalue weighted by atomic mass is 16.3. The van der Waals surface area contributed by atoms with Crippen LogP contribution in [0.15, 0.2) is 0 Å². The number of nitrogens with zero attached hydrogens (tertiary/aromatic N) is 1. The van der Waals surface area contributed by atoms with Gasteiger partial charge in [-0.25, -0.2) is 0 Å². The number of hydrogen-bond acceptors (Lipinski definition) is 5. The Morgan fingerprint density at radius 3 is 2.33 bits per heavy atom. The Morgan fingerprint density at radius 2 is 1.77 bits per heavy atom. The number of carbonyl (C=O) groups excluding carboxylic acids is 2. The predicted molar refractivity (Wildman–Crippen MR) is 116 cm³/mol. The lowest BCUT2D eigenvalue weighted by Gasteiger charge is -2.39. The number of likely N-dealkylation sites (tertiary alicyclic amines) is 1. The molecule has 3 fully saturated rings. The summed E-state index contributed by atoms with van der Waals surface area (Å²) in [4.78, 5) is 27.0. The topological polar surface area (TPSA) is 146 Å². The zero-order valence-electron chi connectivity index (χ0n) is 18.2. The van der Waals surface area contributed by atoms with E-state index in [4.69, 9.17) is 16.9 Å². The second-order valence-electron chi connectivity index (χ2n) is 9.66. The fourth-order valence-electron chi connectivity index (χ4n) is 5.85. The standard InChI is InChI=1S/C22H39N5O3/c1-2-17(12-28)26-22(30)19-9-15-7-8-16(20(23)24)10-18(15)27(19)11-13-3-5-14(6-4-13)21(25)29/h13-19,28H,2-12H2,1H3,(H3,23,24)(H2,25,29)(H,26,30)/t13?,14?,15?,16?,17-,18?,19?/m0/s1. The summed E-state index contributed by atoms with van der Waals surface area (Å²) in [5, 5.41) is 20.5. The maximum absolute atomic E-state index is 13.1. The predicted octanol–water partition coefficient (Wildman–Crippen LogP) is 0.960. The molecule has 2 aliphatic carbocycles. The normalized spacial score (nSPS) is 35.4. The van der Waals surface area contributed by atoms with Crippen molar-refractivity contribution in [2.45, 2.75) is 82.8 Å². The van der Waals surface area contributed by atoms with Crippen LogP contribution < -0.4 is 16.8 Å². The average Bonchev–Trinajstić information content (AvgIpc) is 3.10. The molecule has 8 heteroatoms. The highest BCUT2D eigenvalue weighted by Gasteiger charge is 2.48. The molecule has 8 nitrogen and oxygen atoms in total. The van der Waals surface area contributed by atoms with E-state index in [1.54, 1.807) is 0 Å². The van der Waals surface area contributed by atoms with Gasteiger partial charge >= 0.3 is 0 Å². The number of hydrogen-bond donors (Lipinski definition) is 5. The van der Waals surface area contributed by atoms with Crippen LogP contribution in [0.3, 0.4) is 0 Å². The second-order valence-corrected chi connectivity index (χ2v) is 9.66. The zero-order valence-corrected chi connectivity index (χ0v) is 18.2. The minimum absolute atomic E-state index is 0.00972. The first kappa shape index (κ1) is 23.0. The Morgan fingerprint density at radius 1 is 1.10 bits per heavy atom. The fourth-order valence-corrected chi connectivity index (χ4v) is 5.85. The van der Waals surface area contributed by atoms with Crippen LogP contribution in [0.5, 0.6) is 0 Å². The van der Waals surface area contributed by atoms with E-state index in [1.807, 2.05) is 6.92 Å². The first-order valence-electron chi connectivity index (χ1n) is 11.6. The van der Waals surface area contributed by atoms with Gasteiger partial charge in [0.1, 0.15) is 0 Å². The molecule has 0 radical (unpaired) electrons. The first-order chi connectivity index (χ1) is 14.3. The van der Waals surface area contributed by atoms with Gasteiger partial charge in [0.2, 0.25) is 11.8 Å². The molecular formula is C22H39N5O3. The quantitative estimate of drug-likeness (QED) is 0.293. The van der Waals surface area contributed by atoms with Gasteiger partial charge in [-0.15, -0.1) is 0 Å². The summed E-state index contributed by atoms with van der Waals surface area (Å²) in [7, 11) is 0. The summed E-state index contributed by atoms with van der Waals surface area (Å²) in [6, 6.07) is -0.135. The molecule has 0 aromatic heterocycles. The molecule has 0 aromatic carbocycles. The van der Waals surface area contributed by atoms with Crippen molar-refractivity contribution in [3.8, 4) is 0 Å². The molecule has 0 spiro atoms. The Bertz CT molecular complexity index is 630. The number of carbonyl (C=O) groups is 2. The minimum Gasteiger partial charge on any atom is -0.394 e. The fraction of sp³-hybridized carbons (Fsp3) is 0.864. The van der Waals surface area contributed by atoms with Gasteiger partial charge in [-0.3, -0.25) is 19.9 Å². The molecule has 3 rings (SSSR count). The molecule has 1 aliphatic heterocycles. The molecular weight excluding hydrogens is 382 g/mol. The number of nitrogens with one attached hydrogen (secondary N) is 2. The van der Waals surface area contributed by atoms with Crippen molar-refractivity contribution in [1.29, 1.82) is 5.41 Å². The lowest BCUT2D eigenvalue weighted by atomic mass is 9.77. The van der Waals surface area contributed by atoms with Gasteiger partial charge in [-0.05, 0) is 69.6 Å². The molecule has 1 heterocycles. The maximum atomic E-state index is 13.1. The van der Waals surface area contributed by atoms with Gasteiger partial charge in [-0.2, -0.15) is 0 Å². The summed E-state index contributed by atoms with van der Waals surface area (Å²) in [6.45, 7) is 2.75. The van der Waals surface area contributed by atoms with E-state index < -0.39 is 0 Å². The number of nitrogens with two attached hydrogens (primary N) is 2. The minimum atomic E-state index is -0.210. The third-order valence-corrected chi connectivity index (χ3v) is 7.83. The van der Waals surface area contributed by atoms with Gasteiger partial charge in [0.25, 0.3) is 0 Å². The van der Waals surface area contributed by atoms with Crippen LogP contribution in [-0.2, 0) is 9.59 Å². The number of aliphatic hydroxyl groups excluding tert-OH is 1. The van der Waals surface area contributed by atoms with Crippen LogP contribution in [0.1, 0.15) is 64.7 Å². The van der Waals surface area contributed by atoms with E-state index in [2.05, 4.69) is 10.2 Å². The van der Waals surface area contributed by atoms with Crippen molar-refractivity contribution in [3.63, 3.8) is 0 Å². The second kappa shape index (κ2) is 10.1. The van der Waals surface area contributed by atoms with Crippen LogP contribution in [0.2, 0.25) is 0 Å². The largest absolute Gasteiger partial charge is 0.394 e. The van der Waals surface area contributed by atoms with Crippen LogP contribution >= 0.6 is 0 Å². The summed E-state index contributed by atoms with van der Waals surface area (Å²) < 4.78 is 0. The van der Waals surface area contributed by atoms with Crippen molar-refractivity contribution in [3.05, 3.63) is 0 Å². The molecule has 2 saturated carbocycles. The Kier molecular flexibility index (Phi) is 7.74. The third-order valence-electron chi connectivity index (χ3n) is 7.83. The van der Waals surface area contributed by atoms with Crippen molar-refractivity contribution in [1.82, 2.24) is 10.2 Å². The van der Waals surface area contributed by atoms with E-state index >= 15 is 0 Å². The number of rotatable bonds is 8. The number of aliphatic hydroxyl groups is 1. The SMILES string of the molecule is CC[C@@H](CO)NC(=O)C1CC2CCC(C(=N)N)CC2N1CC1CCC(C(N)=O)CC1. The van der Waals surface area contributed by atoms with Gasteiger partial charge in [0.05, 0.1) is 24.5 Å². The molecule has 2 amide bonds. The third kappa shape index (κ3) is 5.14. The average molecular weight is 422 g/mol. The molecule has 0 aromatic rings. The number of primary amides is 1. The van der Waals surface area contributed by atoms with Gasteiger partial charge in [0.15, 0.2) is 0 Å². The monoisotopic (exact) mass is 421 g/mol. The lowest BCUT2D eigenvalue weighted by molar-refractivity contribution is -0.127. The molecule has 170 valence electrons. The van der Waals surface area contributed by atoms with Gasteiger partial charge in [-0.1, -0.05) is 6.92 Å². The number of fused-ring (bicyclic) bond motifs is 1. The van der Waals surface area contributed by atoms with Crippen LogP contribution in [0, 0.1) is 29.1 Å². The molecule has 30 heavy (non-hydrogen) atoms. The first-order valence-corrected chi connectivity index (χ1v) is 11.6. The van der Waals surface area contributed by atoms with E-state index in [0.29, 0.717) is 18.3 Å². The van der Waals surface area contributed by atoms with Crippen LogP contribution in [0.4, 0.5) is 0 Å². The number of amides is 2. The zero-order chi connectivity index (χ0) is 21.8. The maximum Gasteiger partial charge on any atom is 0.237 e. The van der Waals surface area contributed by atoms with Crippen LogP contribution in [-0.4, -0.2) is 58.9 Å². The Labute approximate surface area is 179 Å². The summed E-state index contributed by atoms with van der Waals surface area (Å²) in [5.41, 5.74) is 11.3. The highest BCUT2D eigenvalue weighted by Crippen LogP contribution is 2.43. The van der Waals surface area contributed by atoms with Gasteiger partial charge in [0, 0.05) is 24.4 Å². The van der Waals surface area contributed by atoms with E-state index in [0.717, 1.165) is 57.9 Å². The number of amidine groups is 1.